The number of carbonyl (C=O) groups is 1. The predicted octanol–water partition coefficient (Wildman–Crippen LogP) is 5.51. The van der Waals surface area contributed by atoms with Crippen LogP contribution in [-0.2, 0) is 19.0 Å². The molecule has 0 radical (unpaired) electrons. The lowest BCUT2D eigenvalue weighted by atomic mass is 9.47. The largest absolute Gasteiger partial charge is 0.385 e. The molecule has 5 heteroatoms. The highest BCUT2D eigenvalue weighted by Crippen LogP contribution is 2.70. The summed E-state index contributed by atoms with van der Waals surface area (Å²) in [5.74, 6) is 1.83. The molecule has 198 valence electrons. The van der Waals surface area contributed by atoms with Crippen molar-refractivity contribution in [3.05, 3.63) is 23.3 Å². The molecule has 2 unspecified atom stereocenters. The molecule has 6 atom stereocenters. The van der Waals surface area contributed by atoms with E-state index in [0.717, 1.165) is 77.2 Å². The lowest BCUT2D eigenvalue weighted by Gasteiger charge is -2.59. The van der Waals surface area contributed by atoms with E-state index >= 15 is 0 Å². The van der Waals surface area contributed by atoms with Crippen molar-refractivity contribution in [2.24, 2.45) is 35.0 Å². The highest BCUT2D eigenvalue weighted by molar-refractivity contribution is 5.53. The quantitative estimate of drug-likeness (QED) is 0.404. The number of fused-ring (bicyclic) bond motifs is 5. The van der Waals surface area contributed by atoms with Crippen LogP contribution in [0.4, 0.5) is 0 Å². The molecule has 0 aromatic carbocycles. The third-order valence-corrected chi connectivity index (χ3v) is 12.3. The Balaban J connectivity index is 1.31. The molecular weight excluding hydrogens is 452 g/mol. The normalized spacial score (nSPS) is 49.8. The topological polar surface area (TPSA) is 65.0 Å². The van der Waals surface area contributed by atoms with E-state index in [1.807, 2.05) is 0 Å². The maximum atomic E-state index is 12.2. The summed E-state index contributed by atoms with van der Waals surface area (Å²) in [6.45, 7) is 9.19. The van der Waals surface area contributed by atoms with Crippen LogP contribution < -0.4 is 0 Å². The molecule has 6 fully saturated rings. The monoisotopic (exact) mass is 496 g/mol. The summed E-state index contributed by atoms with van der Waals surface area (Å²) in [5, 5.41) is 12.2. The minimum absolute atomic E-state index is 0.102. The summed E-state index contributed by atoms with van der Waals surface area (Å²) in [6, 6.07) is 0. The van der Waals surface area contributed by atoms with E-state index in [4.69, 9.17) is 14.2 Å². The Labute approximate surface area is 216 Å². The first kappa shape index (κ1) is 24.1. The minimum atomic E-state index is -0.801. The molecule has 7 aliphatic rings. The van der Waals surface area contributed by atoms with E-state index in [9.17, 15) is 9.90 Å². The Kier molecular flexibility index (Phi) is 5.51. The van der Waals surface area contributed by atoms with Crippen LogP contribution in [0.5, 0.6) is 0 Å². The first-order chi connectivity index (χ1) is 17.3. The summed E-state index contributed by atoms with van der Waals surface area (Å²) in [7, 11) is 0. The Bertz CT molecular complexity index is 971. The van der Waals surface area contributed by atoms with E-state index in [2.05, 4.69) is 13.5 Å². The maximum absolute atomic E-state index is 12.2. The SMILES string of the molecule is C=C1CCO[C@]12CCC1C3CC[C@@]4(O)CC5(CCC4=C3[C@@H](C3CCC(C=O)CC3)C[C@@]12C)OCCO5. The smallest absolute Gasteiger partial charge is 0.171 e. The van der Waals surface area contributed by atoms with Crippen molar-refractivity contribution in [3.63, 3.8) is 0 Å². The molecule has 0 bridgehead atoms. The second-order valence-electron chi connectivity index (χ2n) is 13.6. The molecule has 2 heterocycles. The fourth-order valence-electron chi connectivity index (χ4n) is 10.6. The van der Waals surface area contributed by atoms with Crippen LogP contribution in [-0.4, -0.2) is 48.2 Å². The zero-order valence-corrected chi connectivity index (χ0v) is 22.1. The van der Waals surface area contributed by atoms with Gasteiger partial charge in [0.15, 0.2) is 5.79 Å². The van der Waals surface area contributed by atoms with Crippen molar-refractivity contribution in [1.29, 1.82) is 0 Å². The number of rotatable bonds is 2. The van der Waals surface area contributed by atoms with E-state index in [0.29, 0.717) is 43.3 Å². The van der Waals surface area contributed by atoms with E-state index < -0.39 is 11.4 Å². The van der Waals surface area contributed by atoms with Gasteiger partial charge in [0.05, 0.1) is 31.0 Å². The average Bonchev–Trinajstić information content (AvgIpc) is 3.57. The highest BCUT2D eigenvalue weighted by Gasteiger charge is 2.67. The molecular formula is C31H44O5. The van der Waals surface area contributed by atoms with Crippen LogP contribution >= 0.6 is 0 Å². The molecule has 5 aliphatic carbocycles. The molecule has 5 nitrogen and oxygen atoms in total. The average molecular weight is 497 g/mol. The van der Waals surface area contributed by atoms with Gasteiger partial charge in [0, 0.05) is 24.2 Å². The minimum Gasteiger partial charge on any atom is -0.385 e. The maximum Gasteiger partial charge on any atom is 0.171 e. The Morgan fingerprint density at radius 2 is 1.69 bits per heavy atom. The second kappa shape index (κ2) is 8.24. The zero-order valence-electron chi connectivity index (χ0n) is 22.1. The molecule has 4 saturated carbocycles. The molecule has 2 spiro atoms. The number of aliphatic hydroxyl groups is 1. The Hall–Kier alpha value is -1.01. The predicted molar refractivity (Wildman–Crippen MR) is 136 cm³/mol. The molecule has 1 N–H and O–H groups in total. The number of hydrogen-bond acceptors (Lipinski definition) is 5. The molecule has 0 aromatic heterocycles. The van der Waals surface area contributed by atoms with Gasteiger partial charge in [-0.15, -0.1) is 0 Å². The fourth-order valence-corrected chi connectivity index (χ4v) is 10.6. The van der Waals surface area contributed by atoms with Crippen molar-refractivity contribution >= 4 is 6.29 Å². The van der Waals surface area contributed by atoms with Crippen molar-refractivity contribution in [2.75, 3.05) is 19.8 Å². The molecule has 7 rings (SSSR count). The summed E-state index contributed by atoms with van der Waals surface area (Å²) in [5.41, 5.74) is 3.43. The van der Waals surface area contributed by atoms with Gasteiger partial charge in [0.25, 0.3) is 0 Å². The van der Waals surface area contributed by atoms with Crippen LogP contribution in [0.15, 0.2) is 23.3 Å². The second-order valence-corrected chi connectivity index (χ2v) is 13.6. The van der Waals surface area contributed by atoms with E-state index in [-0.39, 0.29) is 16.9 Å². The van der Waals surface area contributed by atoms with Crippen LogP contribution in [0.1, 0.15) is 90.4 Å². The van der Waals surface area contributed by atoms with Crippen molar-refractivity contribution in [3.8, 4) is 0 Å². The van der Waals surface area contributed by atoms with Crippen LogP contribution in [0.3, 0.4) is 0 Å². The van der Waals surface area contributed by atoms with Gasteiger partial charge in [-0.1, -0.05) is 19.1 Å². The van der Waals surface area contributed by atoms with E-state index in [1.165, 1.54) is 23.9 Å². The van der Waals surface area contributed by atoms with Crippen LogP contribution in [0.25, 0.3) is 0 Å². The number of allylic oxidation sites excluding steroid dienone is 1. The van der Waals surface area contributed by atoms with Gasteiger partial charge in [0.2, 0.25) is 0 Å². The van der Waals surface area contributed by atoms with Crippen molar-refractivity contribution in [2.45, 2.75) is 107 Å². The highest BCUT2D eigenvalue weighted by atomic mass is 16.7. The zero-order chi connectivity index (χ0) is 24.8. The summed E-state index contributed by atoms with van der Waals surface area (Å²) in [6.07, 6.45) is 14.1. The molecule has 2 aliphatic heterocycles. The lowest BCUT2D eigenvalue weighted by molar-refractivity contribution is -0.209. The summed E-state index contributed by atoms with van der Waals surface area (Å²) >= 11 is 0. The van der Waals surface area contributed by atoms with Crippen molar-refractivity contribution < 1.29 is 24.1 Å². The lowest BCUT2D eigenvalue weighted by Crippen LogP contribution is -2.57. The molecule has 36 heavy (non-hydrogen) atoms. The molecule has 0 aromatic rings. The number of carbonyl (C=O) groups excluding carboxylic acids is 1. The van der Waals surface area contributed by atoms with E-state index in [1.54, 1.807) is 5.57 Å². The third-order valence-electron chi connectivity index (χ3n) is 12.3. The first-order valence-electron chi connectivity index (χ1n) is 14.8. The van der Waals surface area contributed by atoms with Gasteiger partial charge in [-0.3, -0.25) is 0 Å². The number of hydrogen-bond donors (Lipinski definition) is 1. The van der Waals surface area contributed by atoms with Gasteiger partial charge < -0.3 is 24.1 Å². The summed E-state index contributed by atoms with van der Waals surface area (Å²) < 4.78 is 18.9. The molecule has 2 saturated heterocycles. The summed E-state index contributed by atoms with van der Waals surface area (Å²) in [4.78, 5) is 11.5. The standard InChI is InChI=1S/C31H44O5/c1-20-10-14-36-31(20)13-9-25-23-7-11-29(33)19-30(34-15-16-35-30)12-8-26(29)27(23)24(17-28(25,31)2)22-5-3-21(18-32)4-6-22/h18,21-25,33H,1,3-17,19H2,2H3/t21?,22?,23?,24-,25?,28+,29-,31-/m1/s1. The Morgan fingerprint density at radius 1 is 0.917 bits per heavy atom. The Morgan fingerprint density at radius 3 is 2.39 bits per heavy atom. The van der Waals surface area contributed by atoms with Crippen LogP contribution in [0, 0.1) is 35.0 Å². The van der Waals surface area contributed by atoms with Crippen molar-refractivity contribution in [1.82, 2.24) is 0 Å². The van der Waals surface area contributed by atoms with Crippen LogP contribution in [0.2, 0.25) is 0 Å². The van der Waals surface area contributed by atoms with Gasteiger partial charge in [-0.2, -0.15) is 0 Å². The van der Waals surface area contributed by atoms with Gasteiger partial charge >= 0.3 is 0 Å². The van der Waals surface area contributed by atoms with Gasteiger partial charge in [0.1, 0.15) is 6.29 Å². The first-order valence-corrected chi connectivity index (χ1v) is 14.8. The fraction of sp³-hybridized carbons (Fsp3) is 0.839. The van der Waals surface area contributed by atoms with Gasteiger partial charge in [-0.25, -0.2) is 0 Å². The molecule has 0 amide bonds. The third kappa shape index (κ3) is 3.18. The number of ether oxygens (including phenoxy) is 3. The number of aldehydes is 1. The van der Waals surface area contributed by atoms with Gasteiger partial charge in [-0.05, 0) is 105 Å².